The Morgan fingerprint density at radius 3 is 2.53 bits per heavy atom. The molecule has 1 amide bonds. The first-order valence-electron chi connectivity index (χ1n) is 6.53. The lowest BCUT2D eigenvalue weighted by molar-refractivity contribution is 0.0300. The van der Waals surface area contributed by atoms with Crippen LogP contribution in [0.4, 0.5) is 4.79 Å². The molecule has 1 saturated carbocycles. The SMILES string of the molecule is CN(CCNCC1CCC1)C(=O)OC(C)(C)C. The van der Waals surface area contributed by atoms with Crippen LogP contribution in [-0.2, 0) is 4.74 Å². The Morgan fingerprint density at radius 2 is 2.06 bits per heavy atom. The lowest BCUT2D eigenvalue weighted by atomic mass is 9.85. The van der Waals surface area contributed by atoms with Gasteiger partial charge in [0.05, 0.1) is 0 Å². The standard InChI is InChI=1S/C13H26N2O2/c1-13(2,3)17-12(16)15(4)9-8-14-10-11-6-5-7-11/h11,14H,5-10H2,1-4H3. The lowest BCUT2D eigenvalue weighted by Crippen LogP contribution is -2.39. The fourth-order valence-corrected chi connectivity index (χ4v) is 1.68. The number of nitrogens with one attached hydrogen (secondary N) is 1. The van der Waals surface area contributed by atoms with Crippen LogP contribution in [0.2, 0.25) is 0 Å². The van der Waals surface area contributed by atoms with Crippen LogP contribution >= 0.6 is 0 Å². The molecule has 0 saturated heterocycles. The van der Waals surface area contributed by atoms with E-state index in [4.69, 9.17) is 4.74 Å². The van der Waals surface area contributed by atoms with Gasteiger partial charge in [-0.2, -0.15) is 0 Å². The zero-order valence-electron chi connectivity index (χ0n) is 11.6. The molecule has 4 heteroatoms. The van der Waals surface area contributed by atoms with Gasteiger partial charge in [-0.15, -0.1) is 0 Å². The van der Waals surface area contributed by atoms with E-state index in [-0.39, 0.29) is 6.09 Å². The minimum atomic E-state index is -0.412. The highest BCUT2D eigenvalue weighted by Gasteiger charge is 2.19. The summed E-state index contributed by atoms with van der Waals surface area (Å²) >= 11 is 0. The number of carbonyl (C=O) groups is 1. The third-order valence-electron chi connectivity index (χ3n) is 2.99. The molecule has 1 aliphatic carbocycles. The molecular formula is C13H26N2O2. The summed E-state index contributed by atoms with van der Waals surface area (Å²) in [6.07, 6.45) is 3.84. The quantitative estimate of drug-likeness (QED) is 0.752. The predicted octanol–water partition coefficient (Wildman–Crippen LogP) is 2.24. The van der Waals surface area contributed by atoms with E-state index in [0.717, 1.165) is 19.0 Å². The molecule has 0 spiro atoms. The van der Waals surface area contributed by atoms with Gasteiger partial charge in [0.15, 0.2) is 0 Å². The molecule has 100 valence electrons. The molecule has 0 aromatic carbocycles. The average molecular weight is 242 g/mol. The van der Waals surface area contributed by atoms with Gasteiger partial charge >= 0.3 is 6.09 Å². The summed E-state index contributed by atoms with van der Waals surface area (Å²) in [4.78, 5) is 13.3. The number of carbonyl (C=O) groups excluding carboxylic acids is 1. The highest BCUT2D eigenvalue weighted by atomic mass is 16.6. The van der Waals surface area contributed by atoms with Crippen LogP contribution < -0.4 is 5.32 Å². The second-order valence-electron chi connectivity index (χ2n) is 5.90. The molecule has 1 aliphatic rings. The Morgan fingerprint density at radius 1 is 1.41 bits per heavy atom. The minimum absolute atomic E-state index is 0.247. The van der Waals surface area contributed by atoms with Crippen molar-refractivity contribution in [2.75, 3.05) is 26.7 Å². The largest absolute Gasteiger partial charge is 0.444 e. The van der Waals surface area contributed by atoms with E-state index < -0.39 is 5.60 Å². The number of hydrogen-bond acceptors (Lipinski definition) is 3. The second kappa shape index (κ2) is 6.24. The Labute approximate surface area is 105 Å². The van der Waals surface area contributed by atoms with E-state index in [0.29, 0.717) is 6.54 Å². The maximum Gasteiger partial charge on any atom is 0.410 e. The van der Waals surface area contributed by atoms with E-state index in [2.05, 4.69) is 5.32 Å². The Balaban J connectivity index is 2.06. The Bertz CT molecular complexity index is 244. The van der Waals surface area contributed by atoms with Crippen molar-refractivity contribution in [3.05, 3.63) is 0 Å². The van der Waals surface area contributed by atoms with Gasteiger partial charge in [-0.3, -0.25) is 0 Å². The molecule has 0 unspecified atom stereocenters. The summed E-state index contributed by atoms with van der Waals surface area (Å²) < 4.78 is 5.27. The summed E-state index contributed by atoms with van der Waals surface area (Å²) in [5, 5.41) is 3.39. The zero-order chi connectivity index (χ0) is 12.9. The van der Waals surface area contributed by atoms with E-state index in [9.17, 15) is 4.79 Å². The van der Waals surface area contributed by atoms with E-state index in [1.807, 2.05) is 20.8 Å². The first-order chi connectivity index (χ1) is 7.88. The van der Waals surface area contributed by atoms with Crippen molar-refractivity contribution in [1.29, 1.82) is 0 Å². The van der Waals surface area contributed by atoms with Crippen molar-refractivity contribution in [1.82, 2.24) is 10.2 Å². The van der Waals surface area contributed by atoms with Crippen molar-refractivity contribution in [3.63, 3.8) is 0 Å². The normalized spacial score (nSPS) is 16.5. The number of likely N-dealkylation sites (N-methyl/N-ethyl adjacent to an activating group) is 1. The highest BCUT2D eigenvalue weighted by Crippen LogP contribution is 2.24. The average Bonchev–Trinajstić information content (AvgIpc) is 2.11. The van der Waals surface area contributed by atoms with Gasteiger partial charge in [0.25, 0.3) is 0 Å². The highest BCUT2D eigenvalue weighted by molar-refractivity contribution is 5.67. The topological polar surface area (TPSA) is 41.6 Å². The molecule has 1 fully saturated rings. The third kappa shape index (κ3) is 5.91. The molecule has 0 aromatic heterocycles. The second-order valence-corrected chi connectivity index (χ2v) is 5.90. The van der Waals surface area contributed by atoms with Crippen LogP contribution in [-0.4, -0.2) is 43.3 Å². The molecule has 17 heavy (non-hydrogen) atoms. The first-order valence-corrected chi connectivity index (χ1v) is 6.53. The first kappa shape index (κ1) is 14.3. The number of rotatable bonds is 5. The molecule has 1 N–H and O–H groups in total. The fourth-order valence-electron chi connectivity index (χ4n) is 1.68. The van der Waals surface area contributed by atoms with Crippen molar-refractivity contribution in [2.45, 2.75) is 45.6 Å². The monoisotopic (exact) mass is 242 g/mol. The maximum atomic E-state index is 11.6. The molecule has 4 nitrogen and oxygen atoms in total. The van der Waals surface area contributed by atoms with Crippen LogP contribution in [0.1, 0.15) is 40.0 Å². The van der Waals surface area contributed by atoms with Crippen LogP contribution in [0.15, 0.2) is 0 Å². The molecular weight excluding hydrogens is 216 g/mol. The number of ether oxygens (including phenoxy) is 1. The van der Waals surface area contributed by atoms with E-state index in [1.54, 1.807) is 11.9 Å². The molecule has 0 radical (unpaired) electrons. The van der Waals surface area contributed by atoms with Gasteiger partial charge in [0.2, 0.25) is 0 Å². The zero-order valence-corrected chi connectivity index (χ0v) is 11.6. The van der Waals surface area contributed by atoms with E-state index in [1.165, 1.54) is 19.3 Å². The van der Waals surface area contributed by atoms with Crippen LogP contribution in [0.3, 0.4) is 0 Å². The maximum absolute atomic E-state index is 11.6. The van der Waals surface area contributed by atoms with Gasteiger partial charge in [0, 0.05) is 20.1 Å². The van der Waals surface area contributed by atoms with Crippen molar-refractivity contribution >= 4 is 6.09 Å². The van der Waals surface area contributed by atoms with Gasteiger partial charge in [-0.1, -0.05) is 6.42 Å². The van der Waals surface area contributed by atoms with Crippen molar-refractivity contribution in [2.24, 2.45) is 5.92 Å². The van der Waals surface area contributed by atoms with Crippen molar-refractivity contribution in [3.8, 4) is 0 Å². The third-order valence-corrected chi connectivity index (χ3v) is 2.99. The fraction of sp³-hybridized carbons (Fsp3) is 0.923. The summed E-state index contributed by atoms with van der Waals surface area (Å²) in [5.74, 6) is 0.863. The van der Waals surface area contributed by atoms with Crippen molar-refractivity contribution < 1.29 is 9.53 Å². The van der Waals surface area contributed by atoms with Gasteiger partial charge in [0.1, 0.15) is 5.60 Å². The van der Waals surface area contributed by atoms with Gasteiger partial charge in [-0.05, 0) is 46.1 Å². The molecule has 0 aliphatic heterocycles. The summed E-state index contributed by atoms with van der Waals surface area (Å²) in [6.45, 7) is 8.27. The molecule has 0 atom stereocenters. The predicted molar refractivity (Wildman–Crippen MR) is 69.1 cm³/mol. The summed E-state index contributed by atoms with van der Waals surface area (Å²) in [7, 11) is 1.78. The lowest BCUT2D eigenvalue weighted by Gasteiger charge is -2.27. The minimum Gasteiger partial charge on any atom is -0.444 e. The van der Waals surface area contributed by atoms with Gasteiger partial charge < -0.3 is 15.0 Å². The Kier molecular flexibility index (Phi) is 5.25. The number of hydrogen-bond donors (Lipinski definition) is 1. The van der Waals surface area contributed by atoms with Crippen LogP contribution in [0.5, 0.6) is 0 Å². The number of amides is 1. The van der Waals surface area contributed by atoms with E-state index >= 15 is 0 Å². The molecule has 0 heterocycles. The van der Waals surface area contributed by atoms with Crippen LogP contribution in [0.25, 0.3) is 0 Å². The van der Waals surface area contributed by atoms with Gasteiger partial charge in [-0.25, -0.2) is 4.79 Å². The summed E-state index contributed by atoms with van der Waals surface area (Å²) in [5.41, 5.74) is -0.412. The smallest absolute Gasteiger partial charge is 0.410 e. The summed E-state index contributed by atoms with van der Waals surface area (Å²) in [6, 6.07) is 0. The molecule has 1 rings (SSSR count). The van der Waals surface area contributed by atoms with Crippen LogP contribution in [0, 0.1) is 5.92 Å². The number of nitrogens with zero attached hydrogens (tertiary/aromatic N) is 1. The molecule has 0 aromatic rings. The molecule has 0 bridgehead atoms. The Hall–Kier alpha value is -0.770.